The molecule has 0 atom stereocenters. The van der Waals surface area contributed by atoms with Gasteiger partial charge in [-0.25, -0.2) is 4.98 Å². The molecule has 4 aromatic rings. The molecule has 0 saturated heterocycles. The van der Waals surface area contributed by atoms with Gasteiger partial charge < -0.3 is 9.15 Å². The molecule has 0 aliphatic carbocycles. The van der Waals surface area contributed by atoms with Crippen molar-refractivity contribution in [3.63, 3.8) is 0 Å². The quantitative estimate of drug-likeness (QED) is 0.335. The molecule has 0 fully saturated rings. The van der Waals surface area contributed by atoms with Gasteiger partial charge in [0, 0.05) is 16.1 Å². The molecule has 0 saturated carbocycles. The Kier molecular flexibility index (Phi) is 4.54. The van der Waals surface area contributed by atoms with Crippen LogP contribution in [0.25, 0.3) is 22.6 Å². The van der Waals surface area contributed by atoms with Crippen LogP contribution in [0, 0.1) is 0 Å². The van der Waals surface area contributed by atoms with Gasteiger partial charge in [-0.1, -0.05) is 46.3 Å². The lowest BCUT2D eigenvalue weighted by molar-refractivity contribution is -0.133. The number of hydrogen-bond donors (Lipinski definition) is 0. The number of fused-ring (bicyclic) bond motifs is 1. The number of carbonyl (C=O) groups excluding carboxylic acids is 1. The molecule has 1 heterocycles. The van der Waals surface area contributed by atoms with Gasteiger partial charge in [0.2, 0.25) is 5.89 Å². The first-order valence-electron chi connectivity index (χ1n) is 8.08. The minimum atomic E-state index is -0.325. The first-order valence-corrected chi connectivity index (χ1v) is 8.88. The van der Waals surface area contributed by atoms with Crippen LogP contribution >= 0.6 is 15.9 Å². The molecule has 5 heteroatoms. The number of rotatable bonds is 4. The van der Waals surface area contributed by atoms with Gasteiger partial charge in [0.1, 0.15) is 11.3 Å². The lowest BCUT2D eigenvalue weighted by Crippen LogP contribution is -2.11. The number of ether oxygens (including phenoxy) is 1. The fourth-order valence-electron chi connectivity index (χ4n) is 2.61. The summed E-state index contributed by atoms with van der Waals surface area (Å²) in [5, 5.41) is 0. The second-order valence-corrected chi connectivity index (χ2v) is 6.71. The fourth-order valence-corrected chi connectivity index (χ4v) is 2.87. The molecule has 0 aliphatic rings. The highest BCUT2D eigenvalue weighted by Crippen LogP contribution is 2.27. The van der Waals surface area contributed by atoms with Crippen LogP contribution in [0.4, 0.5) is 0 Å². The average Bonchev–Trinajstić information content (AvgIpc) is 3.08. The number of oxazole rings is 1. The number of halogens is 1. The third-order valence-corrected chi connectivity index (χ3v) is 4.40. The van der Waals surface area contributed by atoms with E-state index in [2.05, 4.69) is 20.9 Å². The molecule has 4 rings (SSSR count). The average molecular weight is 408 g/mol. The van der Waals surface area contributed by atoms with Gasteiger partial charge in [-0.15, -0.1) is 0 Å². The van der Waals surface area contributed by atoms with Crippen LogP contribution in [-0.4, -0.2) is 11.0 Å². The summed E-state index contributed by atoms with van der Waals surface area (Å²) in [6.45, 7) is 0. The van der Waals surface area contributed by atoms with Crippen molar-refractivity contribution in [3.05, 3.63) is 82.8 Å². The predicted molar refractivity (Wildman–Crippen MR) is 103 cm³/mol. The van der Waals surface area contributed by atoms with E-state index < -0.39 is 0 Å². The van der Waals surface area contributed by atoms with E-state index in [4.69, 9.17) is 9.15 Å². The Morgan fingerprint density at radius 2 is 1.77 bits per heavy atom. The van der Waals surface area contributed by atoms with Crippen molar-refractivity contribution in [2.24, 2.45) is 0 Å². The Morgan fingerprint density at radius 1 is 1.00 bits per heavy atom. The summed E-state index contributed by atoms with van der Waals surface area (Å²) in [5.74, 6) is 0.656. The zero-order chi connectivity index (χ0) is 17.9. The highest BCUT2D eigenvalue weighted by Gasteiger charge is 2.11. The van der Waals surface area contributed by atoms with Gasteiger partial charge in [0.25, 0.3) is 0 Å². The second-order valence-electron chi connectivity index (χ2n) is 5.79. The van der Waals surface area contributed by atoms with E-state index in [-0.39, 0.29) is 12.4 Å². The van der Waals surface area contributed by atoms with E-state index in [1.54, 1.807) is 18.2 Å². The van der Waals surface area contributed by atoms with Crippen LogP contribution in [0.2, 0.25) is 0 Å². The fraction of sp³-hybridized carbons (Fsp3) is 0.0476. The Morgan fingerprint density at radius 3 is 2.54 bits per heavy atom. The molecule has 26 heavy (non-hydrogen) atoms. The largest absolute Gasteiger partial charge is 0.436 e. The van der Waals surface area contributed by atoms with E-state index in [0.717, 1.165) is 21.1 Å². The molecular formula is C21H14BrNO3. The molecule has 0 N–H and O–H groups in total. The molecule has 0 aliphatic heterocycles. The highest BCUT2D eigenvalue weighted by molar-refractivity contribution is 9.10. The lowest BCUT2D eigenvalue weighted by atomic mass is 10.1. The second kappa shape index (κ2) is 7.14. The van der Waals surface area contributed by atoms with Gasteiger partial charge in [-0.05, 0) is 42.0 Å². The third-order valence-electron chi connectivity index (χ3n) is 3.87. The molecule has 1 aromatic heterocycles. The Balaban J connectivity index is 1.52. The topological polar surface area (TPSA) is 52.3 Å². The van der Waals surface area contributed by atoms with E-state index >= 15 is 0 Å². The normalized spacial score (nSPS) is 10.8. The van der Waals surface area contributed by atoms with Gasteiger partial charge in [-0.3, -0.25) is 4.79 Å². The number of hydrogen-bond acceptors (Lipinski definition) is 4. The van der Waals surface area contributed by atoms with Crippen molar-refractivity contribution >= 4 is 33.0 Å². The SMILES string of the molecule is O=C(Cc1ccc(Br)cc1)Oc1ccc2nc(-c3ccccc3)oc2c1. The number of aromatic nitrogens is 1. The summed E-state index contributed by atoms with van der Waals surface area (Å²) in [7, 11) is 0. The maximum Gasteiger partial charge on any atom is 0.315 e. The number of nitrogens with zero attached hydrogens (tertiary/aromatic N) is 1. The molecule has 0 spiro atoms. The maximum atomic E-state index is 12.1. The molecule has 0 amide bonds. The summed E-state index contributed by atoms with van der Waals surface area (Å²) in [6.07, 6.45) is 0.205. The molecule has 0 unspecified atom stereocenters. The van der Waals surface area contributed by atoms with Crippen LogP contribution in [0.1, 0.15) is 5.56 Å². The lowest BCUT2D eigenvalue weighted by Gasteiger charge is -2.04. The van der Waals surface area contributed by atoms with Crippen LogP contribution in [0.5, 0.6) is 5.75 Å². The van der Waals surface area contributed by atoms with E-state index in [0.29, 0.717) is 17.2 Å². The Hall–Kier alpha value is -2.92. The first kappa shape index (κ1) is 16.5. The van der Waals surface area contributed by atoms with Crippen LogP contribution < -0.4 is 4.74 Å². The number of benzene rings is 3. The zero-order valence-electron chi connectivity index (χ0n) is 13.7. The number of esters is 1. The molecule has 128 valence electrons. The molecule has 0 bridgehead atoms. The highest BCUT2D eigenvalue weighted by atomic mass is 79.9. The van der Waals surface area contributed by atoms with Crippen LogP contribution in [0.15, 0.2) is 81.7 Å². The van der Waals surface area contributed by atoms with Crippen molar-refractivity contribution in [2.75, 3.05) is 0 Å². The zero-order valence-corrected chi connectivity index (χ0v) is 15.3. The summed E-state index contributed by atoms with van der Waals surface area (Å²) in [6, 6.07) is 22.4. The van der Waals surface area contributed by atoms with Crippen molar-refractivity contribution in [3.8, 4) is 17.2 Å². The van der Waals surface area contributed by atoms with E-state index in [1.165, 1.54) is 0 Å². The van der Waals surface area contributed by atoms with Gasteiger partial charge in [0.05, 0.1) is 6.42 Å². The number of carbonyl (C=O) groups is 1. The maximum absolute atomic E-state index is 12.1. The van der Waals surface area contributed by atoms with Gasteiger partial charge in [0.15, 0.2) is 5.58 Å². The monoisotopic (exact) mass is 407 g/mol. The van der Waals surface area contributed by atoms with Crippen molar-refractivity contribution in [2.45, 2.75) is 6.42 Å². The minimum absolute atomic E-state index is 0.205. The van der Waals surface area contributed by atoms with Gasteiger partial charge in [-0.2, -0.15) is 0 Å². The summed E-state index contributed by atoms with van der Waals surface area (Å²) < 4.78 is 12.2. The van der Waals surface area contributed by atoms with Crippen molar-refractivity contribution < 1.29 is 13.9 Å². The van der Waals surface area contributed by atoms with Crippen molar-refractivity contribution in [1.82, 2.24) is 4.98 Å². The van der Waals surface area contributed by atoms with Crippen LogP contribution in [-0.2, 0) is 11.2 Å². The van der Waals surface area contributed by atoms with Gasteiger partial charge >= 0.3 is 5.97 Å². The van der Waals surface area contributed by atoms with E-state index in [1.807, 2.05) is 54.6 Å². The molecular weight excluding hydrogens is 394 g/mol. The van der Waals surface area contributed by atoms with Crippen LogP contribution in [0.3, 0.4) is 0 Å². The van der Waals surface area contributed by atoms with Crippen molar-refractivity contribution in [1.29, 1.82) is 0 Å². The molecule has 0 radical (unpaired) electrons. The molecule has 4 nitrogen and oxygen atoms in total. The smallest absolute Gasteiger partial charge is 0.315 e. The minimum Gasteiger partial charge on any atom is -0.436 e. The van der Waals surface area contributed by atoms with E-state index in [9.17, 15) is 4.79 Å². The third kappa shape index (κ3) is 3.68. The Labute approximate surface area is 158 Å². The Bertz CT molecular complexity index is 1060. The predicted octanol–water partition coefficient (Wildman–Crippen LogP) is 5.41. The summed E-state index contributed by atoms with van der Waals surface area (Å²) in [5.41, 5.74) is 3.09. The molecule has 3 aromatic carbocycles. The summed E-state index contributed by atoms with van der Waals surface area (Å²) in [4.78, 5) is 16.6. The standard InChI is InChI=1S/C21H14BrNO3/c22-16-8-6-14(7-9-16)12-20(24)25-17-10-11-18-19(13-17)26-21(23-18)15-4-2-1-3-5-15/h1-11,13H,12H2. The summed E-state index contributed by atoms with van der Waals surface area (Å²) >= 11 is 3.37. The first-order chi connectivity index (χ1) is 12.7.